The van der Waals surface area contributed by atoms with Crippen LogP contribution in [0.1, 0.15) is 5.56 Å². The molecule has 0 unspecified atom stereocenters. The van der Waals surface area contributed by atoms with Crippen molar-refractivity contribution in [2.45, 2.75) is 6.54 Å². The Hall–Kier alpha value is -3.35. The fourth-order valence-electron chi connectivity index (χ4n) is 3.61. The van der Waals surface area contributed by atoms with Gasteiger partial charge in [-0.2, -0.15) is 4.98 Å². The highest BCUT2D eigenvalue weighted by atomic mass is 35.5. The van der Waals surface area contributed by atoms with Crippen molar-refractivity contribution in [1.82, 2.24) is 15.0 Å². The molecule has 1 aliphatic heterocycles. The summed E-state index contributed by atoms with van der Waals surface area (Å²) in [5.41, 5.74) is 3.68. The van der Waals surface area contributed by atoms with E-state index in [9.17, 15) is 0 Å². The minimum absolute atomic E-state index is 0.523. The lowest BCUT2D eigenvalue weighted by Crippen LogP contribution is -2.41. The minimum atomic E-state index is 0.523. The molecule has 2 aromatic carbocycles. The maximum atomic E-state index is 6.51. The van der Waals surface area contributed by atoms with Crippen LogP contribution in [0.2, 0.25) is 10.0 Å². The molecule has 0 amide bonds. The first-order valence-corrected chi connectivity index (χ1v) is 10.5. The molecule has 1 aliphatic rings. The van der Waals surface area contributed by atoms with E-state index in [-0.39, 0.29) is 0 Å². The Bertz CT molecular complexity index is 1180. The summed E-state index contributed by atoms with van der Waals surface area (Å²) in [6, 6.07) is 19.4. The van der Waals surface area contributed by atoms with Crippen LogP contribution in [0.3, 0.4) is 0 Å². The van der Waals surface area contributed by atoms with Crippen LogP contribution >= 0.6 is 23.2 Å². The zero-order valence-corrected chi connectivity index (χ0v) is 17.9. The molecule has 3 heterocycles. The van der Waals surface area contributed by atoms with Crippen LogP contribution in [0, 0.1) is 0 Å². The smallest absolute Gasteiger partial charge is 0.229 e. The van der Waals surface area contributed by atoms with Crippen molar-refractivity contribution < 1.29 is 0 Å². The van der Waals surface area contributed by atoms with Gasteiger partial charge in [0.2, 0.25) is 5.95 Å². The molecule has 1 N–H and O–H groups in total. The van der Waals surface area contributed by atoms with Crippen molar-refractivity contribution in [2.24, 2.45) is 0 Å². The van der Waals surface area contributed by atoms with Crippen molar-refractivity contribution >= 4 is 52.0 Å². The fourth-order valence-corrected chi connectivity index (χ4v) is 4.25. The van der Waals surface area contributed by atoms with E-state index >= 15 is 0 Å². The summed E-state index contributed by atoms with van der Waals surface area (Å²) in [6.45, 7) is 1.14. The van der Waals surface area contributed by atoms with Crippen molar-refractivity contribution in [2.75, 3.05) is 21.8 Å². The molecule has 8 heteroatoms. The first-order valence-electron chi connectivity index (χ1n) is 9.73. The van der Waals surface area contributed by atoms with Gasteiger partial charge in [0.05, 0.1) is 28.9 Å². The highest BCUT2D eigenvalue weighted by Gasteiger charge is 2.28. The maximum Gasteiger partial charge on any atom is 0.229 e. The van der Waals surface area contributed by atoms with Crippen LogP contribution < -0.4 is 15.1 Å². The predicted octanol–water partition coefficient (Wildman–Crippen LogP) is 6.04. The molecule has 0 spiro atoms. The zero-order chi connectivity index (χ0) is 21.2. The normalized spacial score (nSPS) is 13.1. The van der Waals surface area contributed by atoms with Crippen molar-refractivity contribution in [1.29, 1.82) is 0 Å². The Kier molecular flexibility index (Phi) is 5.32. The second-order valence-electron chi connectivity index (χ2n) is 7.08. The van der Waals surface area contributed by atoms with Crippen molar-refractivity contribution in [3.63, 3.8) is 0 Å². The summed E-state index contributed by atoms with van der Waals surface area (Å²) in [5.74, 6) is 1.37. The molecule has 0 aliphatic carbocycles. The maximum absolute atomic E-state index is 6.51. The highest BCUT2D eigenvalue weighted by Crippen LogP contribution is 2.40. The van der Waals surface area contributed by atoms with E-state index in [2.05, 4.69) is 37.2 Å². The highest BCUT2D eigenvalue weighted by molar-refractivity contribution is 6.39. The second-order valence-corrected chi connectivity index (χ2v) is 7.89. The van der Waals surface area contributed by atoms with Crippen molar-refractivity contribution in [3.8, 4) is 0 Å². The molecular weight excluding hydrogens is 431 g/mol. The van der Waals surface area contributed by atoms with Crippen LogP contribution in [-0.2, 0) is 6.54 Å². The van der Waals surface area contributed by atoms with Crippen LogP contribution in [0.5, 0.6) is 0 Å². The van der Waals surface area contributed by atoms with Crippen LogP contribution in [0.25, 0.3) is 0 Å². The van der Waals surface area contributed by atoms with Gasteiger partial charge in [-0.3, -0.25) is 4.98 Å². The SMILES string of the molecule is Clc1cccc(Cl)c1N1Cc2cnc(Nc3ccncc3)nc2N(c2ccccc2)C1. The molecule has 0 saturated heterocycles. The van der Waals surface area contributed by atoms with Crippen LogP contribution in [0.15, 0.2) is 79.3 Å². The predicted molar refractivity (Wildman–Crippen MR) is 126 cm³/mol. The lowest BCUT2D eigenvalue weighted by molar-refractivity contribution is 0.735. The summed E-state index contributed by atoms with van der Waals surface area (Å²) in [5, 5.41) is 4.47. The monoisotopic (exact) mass is 448 g/mol. The summed E-state index contributed by atoms with van der Waals surface area (Å²) < 4.78 is 0. The van der Waals surface area contributed by atoms with E-state index in [1.807, 2.05) is 54.7 Å². The summed E-state index contributed by atoms with van der Waals surface area (Å²) in [6.07, 6.45) is 5.29. The second kappa shape index (κ2) is 8.41. The van der Waals surface area contributed by atoms with Gasteiger partial charge in [-0.1, -0.05) is 47.5 Å². The summed E-state index contributed by atoms with van der Waals surface area (Å²) in [4.78, 5) is 17.7. The first-order chi connectivity index (χ1) is 15.2. The number of nitrogens with one attached hydrogen (secondary N) is 1. The van der Waals surface area contributed by atoms with Gasteiger partial charge in [0.1, 0.15) is 5.82 Å². The van der Waals surface area contributed by atoms with Gasteiger partial charge in [0.25, 0.3) is 0 Å². The number of fused-ring (bicyclic) bond motifs is 1. The third kappa shape index (κ3) is 4.00. The minimum Gasteiger partial charge on any atom is -0.346 e. The first kappa shape index (κ1) is 19.6. The van der Waals surface area contributed by atoms with Crippen molar-refractivity contribution in [3.05, 3.63) is 94.9 Å². The molecule has 2 aromatic heterocycles. The van der Waals surface area contributed by atoms with Crippen LogP contribution in [-0.4, -0.2) is 21.6 Å². The number of halogens is 2. The Morgan fingerprint density at radius 3 is 2.35 bits per heavy atom. The molecule has 31 heavy (non-hydrogen) atoms. The molecule has 0 bridgehead atoms. The fraction of sp³-hybridized carbons (Fsp3) is 0.0870. The number of pyridine rings is 1. The largest absolute Gasteiger partial charge is 0.346 e. The lowest BCUT2D eigenvalue weighted by Gasteiger charge is -2.39. The summed E-state index contributed by atoms with van der Waals surface area (Å²) in [7, 11) is 0. The van der Waals surface area contributed by atoms with Gasteiger partial charge < -0.3 is 15.1 Å². The topological polar surface area (TPSA) is 57.2 Å². The average Bonchev–Trinajstić information content (AvgIpc) is 2.80. The Morgan fingerprint density at radius 1 is 0.871 bits per heavy atom. The van der Waals surface area contributed by atoms with E-state index in [4.69, 9.17) is 28.2 Å². The van der Waals surface area contributed by atoms with Gasteiger partial charge >= 0.3 is 0 Å². The Balaban J connectivity index is 1.56. The third-order valence-electron chi connectivity index (χ3n) is 5.03. The van der Waals surface area contributed by atoms with E-state index < -0.39 is 0 Å². The quantitative estimate of drug-likeness (QED) is 0.410. The van der Waals surface area contributed by atoms with E-state index in [1.165, 1.54) is 0 Å². The van der Waals surface area contributed by atoms with Gasteiger partial charge in [0, 0.05) is 35.5 Å². The zero-order valence-electron chi connectivity index (χ0n) is 16.4. The van der Waals surface area contributed by atoms with Crippen LogP contribution in [0.4, 0.5) is 28.8 Å². The number of hydrogen-bond acceptors (Lipinski definition) is 6. The van der Waals surface area contributed by atoms with Gasteiger partial charge in [-0.25, -0.2) is 4.98 Å². The Morgan fingerprint density at radius 2 is 1.61 bits per heavy atom. The van der Waals surface area contributed by atoms with E-state index in [0.717, 1.165) is 28.4 Å². The molecule has 4 aromatic rings. The molecule has 0 atom stereocenters. The van der Waals surface area contributed by atoms with Gasteiger partial charge in [-0.05, 0) is 36.4 Å². The standard InChI is InChI=1S/C23H18Cl2N6/c24-19-7-4-8-20(25)21(19)30-14-16-13-27-23(28-17-9-11-26-12-10-17)29-22(16)31(15-30)18-5-2-1-3-6-18/h1-13H,14-15H2,(H,26,27,28,29). The number of benzene rings is 2. The molecule has 5 rings (SSSR count). The molecular formula is C23H18Cl2N6. The average molecular weight is 449 g/mol. The molecule has 6 nitrogen and oxygen atoms in total. The number of aromatic nitrogens is 3. The lowest BCUT2D eigenvalue weighted by atomic mass is 10.1. The summed E-state index contributed by atoms with van der Waals surface area (Å²) >= 11 is 13.0. The number of rotatable bonds is 4. The third-order valence-corrected chi connectivity index (χ3v) is 5.64. The Labute approximate surface area is 190 Å². The molecule has 0 fully saturated rings. The molecule has 154 valence electrons. The number of anilines is 5. The molecule has 0 radical (unpaired) electrons. The number of para-hydroxylation sites is 2. The van der Waals surface area contributed by atoms with E-state index in [0.29, 0.717) is 29.2 Å². The van der Waals surface area contributed by atoms with Gasteiger partial charge in [-0.15, -0.1) is 0 Å². The van der Waals surface area contributed by atoms with E-state index in [1.54, 1.807) is 12.4 Å². The van der Waals surface area contributed by atoms with Gasteiger partial charge in [0.15, 0.2) is 0 Å². The number of nitrogens with zero attached hydrogens (tertiary/aromatic N) is 5. The number of hydrogen-bond donors (Lipinski definition) is 1. The molecule has 0 saturated carbocycles.